The molecule has 3 rings (SSSR count). The van der Waals surface area contributed by atoms with E-state index in [4.69, 9.17) is 9.83 Å². The molecule has 2 aromatic rings. The molecule has 5 heteroatoms. The SMILES string of the molecule is CC(=N)[C@@H]1CCCN1c1oc(CCCc2ccccn2)nc1C. The summed E-state index contributed by atoms with van der Waals surface area (Å²) >= 11 is 0. The Labute approximate surface area is 137 Å². The number of aryl methyl sites for hydroxylation is 3. The van der Waals surface area contributed by atoms with Crippen molar-refractivity contribution in [3.63, 3.8) is 0 Å². The molecule has 0 bridgehead atoms. The fourth-order valence-electron chi connectivity index (χ4n) is 3.24. The van der Waals surface area contributed by atoms with Gasteiger partial charge in [-0.3, -0.25) is 4.98 Å². The van der Waals surface area contributed by atoms with Crippen LogP contribution in [0.3, 0.4) is 0 Å². The van der Waals surface area contributed by atoms with Crippen LogP contribution in [0.15, 0.2) is 28.8 Å². The molecule has 5 nitrogen and oxygen atoms in total. The van der Waals surface area contributed by atoms with Crippen molar-refractivity contribution in [2.24, 2.45) is 0 Å². The van der Waals surface area contributed by atoms with E-state index in [0.29, 0.717) is 5.71 Å². The van der Waals surface area contributed by atoms with Crippen LogP contribution in [0.4, 0.5) is 5.88 Å². The summed E-state index contributed by atoms with van der Waals surface area (Å²) in [5.41, 5.74) is 2.75. The summed E-state index contributed by atoms with van der Waals surface area (Å²) < 4.78 is 6.01. The highest BCUT2D eigenvalue weighted by Crippen LogP contribution is 2.30. The molecule has 0 spiro atoms. The van der Waals surface area contributed by atoms with Gasteiger partial charge in [0.15, 0.2) is 5.89 Å². The highest BCUT2D eigenvalue weighted by atomic mass is 16.4. The van der Waals surface area contributed by atoms with Crippen LogP contribution in [0.1, 0.15) is 43.5 Å². The van der Waals surface area contributed by atoms with Gasteiger partial charge in [-0.2, -0.15) is 0 Å². The third kappa shape index (κ3) is 3.60. The van der Waals surface area contributed by atoms with Crippen molar-refractivity contribution in [1.82, 2.24) is 9.97 Å². The lowest BCUT2D eigenvalue weighted by Gasteiger charge is -2.23. The quantitative estimate of drug-likeness (QED) is 0.828. The lowest BCUT2D eigenvalue weighted by molar-refractivity contribution is 0.480. The number of aromatic nitrogens is 2. The van der Waals surface area contributed by atoms with Crippen molar-refractivity contribution in [3.8, 4) is 0 Å². The Morgan fingerprint density at radius 3 is 3.00 bits per heavy atom. The monoisotopic (exact) mass is 312 g/mol. The first-order valence-corrected chi connectivity index (χ1v) is 8.33. The molecule has 1 atom stereocenters. The van der Waals surface area contributed by atoms with E-state index in [1.807, 2.05) is 38.2 Å². The molecule has 1 saturated heterocycles. The molecule has 122 valence electrons. The zero-order chi connectivity index (χ0) is 16.2. The Kier molecular flexibility index (Phi) is 4.74. The van der Waals surface area contributed by atoms with Gasteiger partial charge in [-0.05, 0) is 51.7 Å². The van der Waals surface area contributed by atoms with Crippen molar-refractivity contribution < 1.29 is 4.42 Å². The molecule has 0 saturated carbocycles. The predicted octanol–water partition coefficient (Wildman–Crippen LogP) is 3.56. The van der Waals surface area contributed by atoms with E-state index in [2.05, 4.69) is 14.9 Å². The normalized spacial score (nSPS) is 17.7. The standard InChI is InChI=1S/C18H24N4O/c1-13(19)16-9-6-12-22(16)18-14(2)21-17(23-18)10-5-8-15-7-3-4-11-20-15/h3-4,7,11,16,19H,5-6,8-10,12H2,1-2H3/t16-/m0/s1. The summed E-state index contributed by atoms with van der Waals surface area (Å²) in [7, 11) is 0. The smallest absolute Gasteiger partial charge is 0.219 e. The number of nitrogens with zero attached hydrogens (tertiary/aromatic N) is 3. The second-order valence-corrected chi connectivity index (χ2v) is 6.21. The highest BCUT2D eigenvalue weighted by Gasteiger charge is 2.30. The lowest BCUT2D eigenvalue weighted by atomic mass is 10.1. The Hall–Kier alpha value is -2.17. The van der Waals surface area contributed by atoms with Crippen molar-refractivity contribution in [3.05, 3.63) is 41.7 Å². The Balaban J connectivity index is 1.63. The minimum Gasteiger partial charge on any atom is -0.425 e. The van der Waals surface area contributed by atoms with Gasteiger partial charge >= 0.3 is 0 Å². The van der Waals surface area contributed by atoms with E-state index in [-0.39, 0.29) is 6.04 Å². The van der Waals surface area contributed by atoms with Crippen molar-refractivity contribution in [2.75, 3.05) is 11.4 Å². The second kappa shape index (κ2) is 6.94. The van der Waals surface area contributed by atoms with Gasteiger partial charge in [0.1, 0.15) is 5.69 Å². The van der Waals surface area contributed by atoms with E-state index in [1.54, 1.807) is 0 Å². The minimum atomic E-state index is 0.169. The van der Waals surface area contributed by atoms with Gasteiger partial charge in [0, 0.05) is 30.6 Å². The lowest BCUT2D eigenvalue weighted by Crippen LogP contribution is -2.34. The van der Waals surface area contributed by atoms with Crippen molar-refractivity contribution in [2.45, 2.75) is 52.0 Å². The summed E-state index contributed by atoms with van der Waals surface area (Å²) in [5.74, 6) is 1.65. The molecule has 1 N–H and O–H groups in total. The number of nitrogens with one attached hydrogen (secondary N) is 1. The van der Waals surface area contributed by atoms with Gasteiger partial charge in [-0.1, -0.05) is 6.07 Å². The predicted molar refractivity (Wildman–Crippen MR) is 91.3 cm³/mol. The topological polar surface area (TPSA) is 66.0 Å². The molecule has 3 heterocycles. The van der Waals surface area contributed by atoms with Crippen LogP contribution in [0.25, 0.3) is 0 Å². The van der Waals surface area contributed by atoms with E-state index < -0.39 is 0 Å². The number of anilines is 1. The molecular weight excluding hydrogens is 288 g/mol. The maximum Gasteiger partial charge on any atom is 0.219 e. The summed E-state index contributed by atoms with van der Waals surface area (Å²) in [5, 5.41) is 7.94. The van der Waals surface area contributed by atoms with E-state index in [9.17, 15) is 0 Å². The maximum absolute atomic E-state index is 7.94. The molecular formula is C18H24N4O. The molecule has 2 aromatic heterocycles. The van der Waals surface area contributed by atoms with E-state index in [1.165, 1.54) is 0 Å². The van der Waals surface area contributed by atoms with Crippen LogP contribution in [-0.2, 0) is 12.8 Å². The Morgan fingerprint density at radius 2 is 2.26 bits per heavy atom. The van der Waals surface area contributed by atoms with Crippen LogP contribution in [0.5, 0.6) is 0 Å². The van der Waals surface area contributed by atoms with E-state index >= 15 is 0 Å². The van der Waals surface area contributed by atoms with Crippen LogP contribution in [0, 0.1) is 12.3 Å². The fourth-order valence-corrected chi connectivity index (χ4v) is 3.24. The van der Waals surface area contributed by atoms with Crippen LogP contribution >= 0.6 is 0 Å². The maximum atomic E-state index is 7.94. The van der Waals surface area contributed by atoms with Crippen LogP contribution in [-0.4, -0.2) is 28.3 Å². The molecule has 23 heavy (non-hydrogen) atoms. The van der Waals surface area contributed by atoms with Crippen molar-refractivity contribution >= 4 is 11.6 Å². The zero-order valence-corrected chi connectivity index (χ0v) is 13.9. The molecule has 1 aliphatic rings. The van der Waals surface area contributed by atoms with Gasteiger partial charge < -0.3 is 14.7 Å². The summed E-state index contributed by atoms with van der Waals surface area (Å²) in [6, 6.07) is 6.17. The number of rotatable bonds is 6. The molecule has 0 aliphatic carbocycles. The Bertz CT molecular complexity index is 665. The highest BCUT2D eigenvalue weighted by molar-refractivity contribution is 5.87. The van der Waals surface area contributed by atoms with Gasteiger partial charge in [0.25, 0.3) is 0 Å². The van der Waals surface area contributed by atoms with Crippen molar-refractivity contribution in [1.29, 1.82) is 5.41 Å². The third-order valence-electron chi connectivity index (χ3n) is 4.38. The van der Waals surface area contributed by atoms with Gasteiger partial charge in [-0.25, -0.2) is 4.98 Å². The summed E-state index contributed by atoms with van der Waals surface area (Å²) in [6.45, 7) is 4.82. The average molecular weight is 312 g/mol. The first-order valence-electron chi connectivity index (χ1n) is 8.33. The van der Waals surface area contributed by atoms with E-state index in [0.717, 1.165) is 61.8 Å². The number of hydrogen-bond acceptors (Lipinski definition) is 5. The average Bonchev–Trinajstić information content (AvgIpc) is 3.15. The number of pyridine rings is 1. The zero-order valence-electron chi connectivity index (χ0n) is 13.9. The molecule has 0 radical (unpaired) electrons. The summed E-state index contributed by atoms with van der Waals surface area (Å²) in [4.78, 5) is 11.1. The van der Waals surface area contributed by atoms with Gasteiger partial charge in [-0.15, -0.1) is 0 Å². The Morgan fingerprint density at radius 1 is 1.39 bits per heavy atom. The van der Waals surface area contributed by atoms with Crippen LogP contribution < -0.4 is 4.90 Å². The molecule has 1 aliphatic heterocycles. The summed E-state index contributed by atoms with van der Waals surface area (Å²) in [6.07, 6.45) is 6.70. The van der Waals surface area contributed by atoms with Gasteiger partial charge in [0.2, 0.25) is 5.88 Å². The first-order chi connectivity index (χ1) is 11.1. The van der Waals surface area contributed by atoms with Gasteiger partial charge in [0.05, 0.1) is 6.04 Å². The molecule has 1 fully saturated rings. The van der Waals surface area contributed by atoms with Crippen LogP contribution in [0.2, 0.25) is 0 Å². The third-order valence-corrected chi connectivity index (χ3v) is 4.38. The number of hydrogen-bond donors (Lipinski definition) is 1. The minimum absolute atomic E-state index is 0.169. The molecule has 0 aromatic carbocycles. The first kappa shape index (κ1) is 15.7. The largest absolute Gasteiger partial charge is 0.425 e. The molecule has 0 unspecified atom stereocenters. The number of oxazole rings is 1. The second-order valence-electron chi connectivity index (χ2n) is 6.21. The fraction of sp³-hybridized carbons (Fsp3) is 0.500. The molecule has 0 amide bonds.